The van der Waals surface area contributed by atoms with Crippen molar-refractivity contribution in [2.24, 2.45) is 5.73 Å². The maximum absolute atomic E-state index is 12.2. The van der Waals surface area contributed by atoms with Crippen LogP contribution in [0.15, 0.2) is 48.5 Å². The largest absolute Gasteiger partial charge is 0.348 e. The predicted octanol–water partition coefficient (Wildman–Crippen LogP) is 3.53. The van der Waals surface area contributed by atoms with Crippen molar-refractivity contribution in [3.63, 3.8) is 0 Å². The second-order valence-electron chi connectivity index (χ2n) is 5.17. The Morgan fingerprint density at radius 1 is 1.14 bits per heavy atom. The monoisotopic (exact) mass is 302 g/mol. The van der Waals surface area contributed by atoms with Gasteiger partial charge in [-0.05, 0) is 37.1 Å². The lowest BCUT2D eigenvalue weighted by atomic mass is 10.0. The number of nitrogens with two attached hydrogens (primary N) is 1. The molecule has 2 atom stereocenters. The van der Waals surface area contributed by atoms with Crippen LogP contribution in [0, 0.1) is 6.92 Å². The van der Waals surface area contributed by atoms with Crippen LogP contribution >= 0.6 is 11.6 Å². The highest BCUT2D eigenvalue weighted by molar-refractivity contribution is 6.30. The Balaban J connectivity index is 2.05. The third-order valence-corrected chi connectivity index (χ3v) is 3.66. The first-order chi connectivity index (χ1) is 9.97. The number of aryl methyl sites for hydroxylation is 1. The highest BCUT2D eigenvalue weighted by Crippen LogP contribution is 2.19. The molecule has 21 heavy (non-hydrogen) atoms. The molecule has 0 aliphatic rings. The fourth-order valence-electron chi connectivity index (χ4n) is 2.09. The Morgan fingerprint density at radius 3 is 2.43 bits per heavy atom. The van der Waals surface area contributed by atoms with Gasteiger partial charge < -0.3 is 11.1 Å². The third-order valence-electron chi connectivity index (χ3n) is 3.43. The number of nitrogens with one attached hydrogen (secondary N) is 1. The van der Waals surface area contributed by atoms with E-state index in [0.29, 0.717) is 5.02 Å². The second kappa shape index (κ2) is 6.74. The molecule has 1 amide bonds. The molecular formula is C17H19ClN2O. The van der Waals surface area contributed by atoms with Gasteiger partial charge in [0.2, 0.25) is 5.91 Å². The number of hydrogen-bond donors (Lipinski definition) is 2. The van der Waals surface area contributed by atoms with Gasteiger partial charge >= 0.3 is 0 Å². The minimum absolute atomic E-state index is 0.146. The molecule has 3 N–H and O–H groups in total. The molecule has 2 unspecified atom stereocenters. The number of amides is 1. The molecule has 4 heteroatoms. The lowest BCUT2D eigenvalue weighted by Gasteiger charge is -2.18. The molecule has 2 aromatic rings. The zero-order valence-electron chi connectivity index (χ0n) is 12.1. The van der Waals surface area contributed by atoms with Gasteiger partial charge in [0.15, 0.2) is 0 Å². The first kappa shape index (κ1) is 15.5. The summed E-state index contributed by atoms with van der Waals surface area (Å²) in [6, 6.07) is 14.3. The highest BCUT2D eigenvalue weighted by Gasteiger charge is 2.18. The highest BCUT2D eigenvalue weighted by atomic mass is 35.5. The molecule has 0 saturated carbocycles. The molecule has 0 aromatic heterocycles. The van der Waals surface area contributed by atoms with E-state index in [-0.39, 0.29) is 11.9 Å². The molecule has 110 valence electrons. The van der Waals surface area contributed by atoms with E-state index in [1.807, 2.05) is 56.3 Å². The van der Waals surface area contributed by atoms with Crippen molar-refractivity contribution >= 4 is 17.5 Å². The zero-order chi connectivity index (χ0) is 15.4. The maximum atomic E-state index is 12.2. The first-order valence-corrected chi connectivity index (χ1v) is 7.23. The zero-order valence-corrected chi connectivity index (χ0v) is 12.9. The summed E-state index contributed by atoms with van der Waals surface area (Å²) < 4.78 is 0. The van der Waals surface area contributed by atoms with Gasteiger partial charge in [-0.2, -0.15) is 0 Å². The number of hydrogen-bond acceptors (Lipinski definition) is 2. The van der Waals surface area contributed by atoms with Crippen LogP contribution in [0.2, 0.25) is 5.02 Å². The standard InChI is InChI=1S/C17H19ClN2O/c1-11-6-8-13(9-7-11)16(19)17(21)20-12(2)14-4-3-5-15(18)10-14/h3-10,12,16H,19H2,1-2H3,(H,20,21). The van der Waals surface area contributed by atoms with Gasteiger partial charge in [0.05, 0.1) is 6.04 Å². The van der Waals surface area contributed by atoms with Gasteiger partial charge in [0.1, 0.15) is 6.04 Å². The van der Waals surface area contributed by atoms with Crippen molar-refractivity contribution in [1.29, 1.82) is 0 Å². The van der Waals surface area contributed by atoms with Crippen molar-refractivity contribution in [3.05, 3.63) is 70.2 Å². The molecule has 0 heterocycles. The van der Waals surface area contributed by atoms with E-state index in [1.54, 1.807) is 6.07 Å². The summed E-state index contributed by atoms with van der Waals surface area (Å²) in [5.74, 6) is -0.202. The summed E-state index contributed by atoms with van der Waals surface area (Å²) >= 11 is 5.96. The number of carbonyl (C=O) groups excluding carboxylic acids is 1. The van der Waals surface area contributed by atoms with Gasteiger partial charge in [-0.3, -0.25) is 4.79 Å². The maximum Gasteiger partial charge on any atom is 0.241 e. The van der Waals surface area contributed by atoms with Crippen LogP contribution in [0.4, 0.5) is 0 Å². The molecule has 0 radical (unpaired) electrons. The van der Waals surface area contributed by atoms with Crippen molar-refractivity contribution in [3.8, 4) is 0 Å². The van der Waals surface area contributed by atoms with E-state index < -0.39 is 6.04 Å². The molecule has 0 aliphatic heterocycles. The van der Waals surface area contributed by atoms with Crippen LogP contribution in [0.25, 0.3) is 0 Å². The quantitative estimate of drug-likeness (QED) is 0.908. The van der Waals surface area contributed by atoms with Gasteiger partial charge in [-0.25, -0.2) is 0 Å². The molecule has 3 nitrogen and oxygen atoms in total. The molecule has 0 fully saturated rings. The Morgan fingerprint density at radius 2 is 1.81 bits per heavy atom. The minimum atomic E-state index is -0.674. The number of rotatable bonds is 4. The van der Waals surface area contributed by atoms with Crippen molar-refractivity contribution in [1.82, 2.24) is 5.32 Å². The molecule has 2 aromatic carbocycles. The van der Waals surface area contributed by atoms with Crippen LogP contribution in [-0.2, 0) is 4.79 Å². The topological polar surface area (TPSA) is 55.1 Å². The minimum Gasteiger partial charge on any atom is -0.348 e. The number of halogens is 1. The summed E-state index contributed by atoms with van der Waals surface area (Å²) in [4.78, 5) is 12.2. The van der Waals surface area contributed by atoms with Gasteiger partial charge in [-0.15, -0.1) is 0 Å². The van der Waals surface area contributed by atoms with Crippen LogP contribution in [0.1, 0.15) is 35.7 Å². The van der Waals surface area contributed by atoms with E-state index in [2.05, 4.69) is 5.32 Å². The lowest BCUT2D eigenvalue weighted by Crippen LogP contribution is -2.35. The summed E-state index contributed by atoms with van der Waals surface area (Å²) in [6.07, 6.45) is 0. The van der Waals surface area contributed by atoms with Gasteiger partial charge in [-0.1, -0.05) is 53.6 Å². The van der Waals surface area contributed by atoms with E-state index in [4.69, 9.17) is 17.3 Å². The number of carbonyl (C=O) groups is 1. The van der Waals surface area contributed by atoms with Crippen LogP contribution in [-0.4, -0.2) is 5.91 Å². The molecule has 0 spiro atoms. The molecule has 2 rings (SSSR count). The Bertz CT molecular complexity index is 625. The summed E-state index contributed by atoms with van der Waals surface area (Å²) in [6.45, 7) is 3.90. The first-order valence-electron chi connectivity index (χ1n) is 6.85. The molecular weight excluding hydrogens is 284 g/mol. The molecule has 0 saturated heterocycles. The van der Waals surface area contributed by atoms with Gasteiger partial charge in [0.25, 0.3) is 0 Å². The van der Waals surface area contributed by atoms with Crippen LogP contribution in [0.3, 0.4) is 0 Å². The summed E-state index contributed by atoms with van der Waals surface area (Å²) in [7, 11) is 0. The lowest BCUT2D eigenvalue weighted by molar-refractivity contribution is -0.123. The SMILES string of the molecule is Cc1ccc(C(N)C(=O)NC(C)c2cccc(Cl)c2)cc1. The Labute approximate surface area is 130 Å². The molecule has 0 bridgehead atoms. The van der Waals surface area contributed by atoms with E-state index in [0.717, 1.165) is 16.7 Å². The fraction of sp³-hybridized carbons (Fsp3) is 0.235. The summed E-state index contributed by atoms with van der Waals surface area (Å²) in [5.41, 5.74) is 8.90. The Hall–Kier alpha value is -1.84. The predicted molar refractivity (Wildman–Crippen MR) is 86.1 cm³/mol. The van der Waals surface area contributed by atoms with Crippen molar-refractivity contribution < 1.29 is 4.79 Å². The fourth-order valence-corrected chi connectivity index (χ4v) is 2.29. The molecule has 0 aliphatic carbocycles. The smallest absolute Gasteiger partial charge is 0.241 e. The van der Waals surface area contributed by atoms with Gasteiger partial charge in [0, 0.05) is 5.02 Å². The Kier molecular flexibility index (Phi) is 4.99. The summed E-state index contributed by atoms with van der Waals surface area (Å²) in [5, 5.41) is 3.56. The van der Waals surface area contributed by atoms with Crippen LogP contribution < -0.4 is 11.1 Å². The van der Waals surface area contributed by atoms with Crippen molar-refractivity contribution in [2.45, 2.75) is 25.9 Å². The average Bonchev–Trinajstić information content (AvgIpc) is 2.47. The van der Waals surface area contributed by atoms with E-state index in [9.17, 15) is 4.79 Å². The average molecular weight is 303 g/mol. The normalized spacial score (nSPS) is 13.5. The van der Waals surface area contributed by atoms with E-state index >= 15 is 0 Å². The number of benzene rings is 2. The second-order valence-corrected chi connectivity index (χ2v) is 5.61. The van der Waals surface area contributed by atoms with E-state index in [1.165, 1.54) is 0 Å². The third kappa shape index (κ3) is 4.06. The van der Waals surface area contributed by atoms with Crippen LogP contribution in [0.5, 0.6) is 0 Å². The van der Waals surface area contributed by atoms with Crippen molar-refractivity contribution in [2.75, 3.05) is 0 Å².